The molecule has 1 heterocycles. The molecule has 108 valence electrons. The van der Waals surface area contributed by atoms with Crippen molar-refractivity contribution in [3.05, 3.63) is 35.9 Å². The predicted molar refractivity (Wildman–Crippen MR) is 76.9 cm³/mol. The molecule has 1 aliphatic rings. The topological polar surface area (TPSA) is 84.2 Å². The van der Waals surface area contributed by atoms with Crippen molar-refractivity contribution in [1.29, 1.82) is 0 Å². The van der Waals surface area contributed by atoms with Gasteiger partial charge in [-0.3, -0.25) is 9.59 Å². The summed E-state index contributed by atoms with van der Waals surface area (Å²) in [6.07, 6.45) is 2.05. The molecule has 0 unspecified atom stereocenters. The minimum Gasteiger partial charge on any atom is -0.368 e. The summed E-state index contributed by atoms with van der Waals surface area (Å²) in [5, 5.41) is 6.01. The number of primary amides is 1. The number of hydrogen-bond acceptors (Lipinski definition) is 3. The third kappa shape index (κ3) is 4.06. The van der Waals surface area contributed by atoms with E-state index in [4.69, 9.17) is 5.73 Å². The average molecular weight is 275 g/mol. The number of benzene rings is 1. The van der Waals surface area contributed by atoms with Gasteiger partial charge in [0.1, 0.15) is 6.04 Å². The van der Waals surface area contributed by atoms with Crippen LogP contribution in [0.4, 0.5) is 0 Å². The lowest BCUT2D eigenvalue weighted by Crippen LogP contribution is -2.49. The second-order valence-corrected chi connectivity index (χ2v) is 5.18. The average Bonchev–Trinajstić information content (AvgIpc) is 2.48. The second kappa shape index (κ2) is 7.05. The van der Waals surface area contributed by atoms with E-state index < -0.39 is 11.9 Å². The smallest absolute Gasteiger partial charge is 0.240 e. The maximum absolute atomic E-state index is 12.2. The van der Waals surface area contributed by atoms with Gasteiger partial charge >= 0.3 is 0 Å². The number of carbonyl (C=O) groups excluding carboxylic acids is 2. The zero-order chi connectivity index (χ0) is 14.4. The van der Waals surface area contributed by atoms with Gasteiger partial charge in [0.2, 0.25) is 11.8 Å². The standard InChI is InChI=1S/C15H21N3O2/c16-14(19)13(10-11-4-2-1-3-5-11)18-15(20)12-6-8-17-9-7-12/h1-5,12-13,17H,6-10H2,(H2,16,19)(H,18,20)/t13-/m0/s1. The molecule has 1 aliphatic heterocycles. The van der Waals surface area contributed by atoms with Gasteiger partial charge in [-0.15, -0.1) is 0 Å². The van der Waals surface area contributed by atoms with Crippen molar-refractivity contribution in [2.45, 2.75) is 25.3 Å². The Balaban J connectivity index is 1.95. The third-order valence-electron chi connectivity index (χ3n) is 3.65. The molecule has 0 radical (unpaired) electrons. The largest absolute Gasteiger partial charge is 0.368 e. The first-order valence-corrected chi connectivity index (χ1v) is 7.01. The van der Waals surface area contributed by atoms with Gasteiger partial charge in [-0.1, -0.05) is 30.3 Å². The van der Waals surface area contributed by atoms with Gasteiger partial charge < -0.3 is 16.4 Å². The van der Waals surface area contributed by atoms with Crippen molar-refractivity contribution in [2.24, 2.45) is 11.7 Å². The maximum atomic E-state index is 12.2. The molecule has 0 aliphatic carbocycles. The monoisotopic (exact) mass is 275 g/mol. The lowest BCUT2D eigenvalue weighted by Gasteiger charge is -2.24. The molecule has 1 aromatic carbocycles. The first-order chi connectivity index (χ1) is 9.66. The van der Waals surface area contributed by atoms with Crippen LogP contribution in [0.5, 0.6) is 0 Å². The van der Waals surface area contributed by atoms with Crippen LogP contribution in [0.25, 0.3) is 0 Å². The van der Waals surface area contributed by atoms with Crippen LogP contribution in [0, 0.1) is 5.92 Å². The molecule has 0 bridgehead atoms. The van der Waals surface area contributed by atoms with Crippen molar-refractivity contribution in [3.63, 3.8) is 0 Å². The summed E-state index contributed by atoms with van der Waals surface area (Å²) < 4.78 is 0. The Morgan fingerprint density at radius 3 is 2.50 bits per heavy atom. The summed E-state index contributed by atoms with van der Waals surface area (Å²) in [7, 11) is 0. The minimum atomic E-state index is -0.639. The normalized spacial score (nSPS) is 17.4. The van der Waals surface area contributed by atoms with Gasteiger partial charge in [0.25, 0.3) is 0 Å². The summed E-state index contributed by atoms with van der Waals surface area (Å²) >= 11 is 0. The van der Waals surface area contributed by atoms with Gasteiger partial charge in [-0.05, 0) is 31.5 Å². The zero-order valence-electron chi connectivity index (χ0n) is 11.5. The van der Waals surface area contributed by atoms with E-state index in [1.165, 1.54) is 0 Å². The molecule has 1 saturated heterocycles. The number of amides is 2. The van der Waals surface area contributed by atoms with Crippen molar-refractivity contribution in [3.8, 4) is 0 Å². The molecule has 1 atom stereocenters. The fraction of sp³-hybridized carbons (Fsp3) is 0.467. The fourth-order valence-corrected chi connectivity index (χ4v) is 2.45. The summed E-state index contributed by atoms with van der Waals surface area (Å²) in [6.45, 7) is 1.69. The minimum absolute atomic E-state index is 0.0196. The molecule has 2 amide bonds. The molecule has 1 aromatic rings. The fourth-order valence-electron chi connectivity index (χ4n) is 2.45. The van der Waals surface area contributed by atoms with Gasteiger partial charge in [-0.25, -0.2) is 0 Å². The molecule has 2 rings (SSSR count). The molecule has 5 heteroatoms. The maximum Gasteiger partial charge on any atom is 0.240 e. The summed E-state index contributed by atoms with van der Waals surface area (Å²) in [5.41, 5.74) is 6.38. The molecular weight excluding hydrogens is 254 g/mol. The Kier molecular flexibility index (Phi) is 5.12. The first kappa shape index (κ1) is 14.5. The third-order valence-corrected chi connectivity index (χ3v) is 3.65. The number of nitrogens with two attached hydrogens (primary N) is 1. The molecular formula is C15H21N3O2. The van der Waals surface area contributed by atoms with Crippen LogP contribution in [-0.4, -0.2) is 30.9 Å². The van der Waals surface area contributed by atoms with Crippen LogP contribution in [0.1, 0.15) is 18.4 Å². The zero-order valence-corrected chi connectivity index (χ0v) is 11.5. The highest BCUT2D eigenvalue weighted by Gasteiger charge is 2.25. The molecule has 0 aromatic heterocycles. The SMILES string of the molecule is NC(=O)[C@H](Cc1ccccc1)NC(=O)C1CCNCC1. The van der Waals surface area contributed by atoms with E-state index in [9.17, 15) is 9.59 Å². The van der Waals surface area contributed by atoms with Crippen molar-refractivity contribution in [1.82, 2.24) is 10.6 Å². The van der Waals surface area contributed by atoms with Crippen LogP contribution < -0.4 is 16.4 Å². The van der Waals surface area contributed by atoms with Crippen LogP contribution in [0.3, 0.4) is 0 Å². The van der Waals surface area contributed by atoms with Crippen LogP contribution >= 0.6 is 0 Å². The molecule has 5 nitrogen and oxygen atoms in total. The van der Waals surface area contributed by atoms with Gasteiger partial charge in [0.05, 0.1) is 0 Å². The molecule has 1 fully saturated rings. The first-order valence-electron chi connectivity index (χ1n) is 7.01. The number of carbonyl (C=O) groups is 2. The Labute approximate surface area is 118 Å². The van der Waals surface area contributed by atoms with Gasteiger partial charge in [-0.2, -0.15) is 0 Å². The van der Waals surface area contributed by atoms with Crippen LogP contribution in [-0.2, 0) is 16.0 Å². The van der Waals surface area contributed by atoms with E-state index in [2.05, 4.69) is 10.6 Å². The lowest BCUT2D eigenvalue weighted by molar-refractivity contribution is -0.130. The molecule has 20 heavy (non-hydrogen) atoms. The van der Waals surface area contributed by atoms with Crippen molar-refractivity contribution in [2.75, 3.05) is 13.1 Å². The number of rotatable bonds is 5. The highest BCUT2D eigenvalue weighted by Crippen LogP contribution is 2.12. The lowest BCUT2D eigenvalue weighted by atomic mass is 9.96. The second-order valence-electron chi connectivity index (χ2n) is 5.18. The highest BCUT2D eigenvalue weighted by atomic mass is 16.2. The van der Waals surface area contributed by atoms with Crippen LogP contribution in [0.15, 0.2) is 30.3 Å². The summed E-state index contributed by atoms with van der Waals surface area (Å²) in [4.78, 5) is 23.7. The van der Waals surface area contributed by atoms with Crippen molar-refractivity contribution >= 4 is 11.8 Å². The summed E-state index contributed by atoms with van der Waals surface area (Å²) in [5.74, 6) is -0.573. The number of hydrogen-bond donors (Lipinski definition) is 3. The van der Waals surface area contributed by atoms with E-state index in [0.717, 1.165) is 31.5 Å². The van der Waals surface area contributed by atoms with Crippen molar-refractivity contribution < 1.29 is 9.59 Å². The van der Waals surface area contributed by atoms with Gasteiger partial charge in [0.15, 0.2) is 0 Å². The quantitative estimate of drug-likeness (QED) is 0.717. The van der Waals surface area contributed by atoms with E-state index >= 15 is 0 Å². The predicted octanol–water partition coefficient (Wildman–Crippen LogP) is 0.199. The van der Waals surface area contributed by atoms with E-state index in [1.54, 1.807) is 0 Å². The van der Waals surface area contributed by atoms with E-state index in [0.29, 0.717) is 6.42 Å². The Hall–Kier alpha value is -1.88. The molecule has 4 N–H and O–H groups in total. The highest BCUT2D eigenvalue weighted by molar-refractivity contribution is 5.87. The molecule has 0 spiro atoms. The Bertz CT molecular complexity index is 455. The van der Waals surface area contributed by atoms with Gasteiger partial charge in [0, 0.05) is 12.3 Å². The Morgan fingerprint density at radius 1 is 1.25 bits per heavy atom. The molecule has 0 saturated carbocycles. The van der Waals surface area contributed by atoms with E-state index in [1.807, 2.05) is 30.3 Å². The Morgan fingerprint density at radius 2 is 1.90 bits per heavy atom. The van der Waals surface area contributed by atoms with E-state index in [-0.39, 0.29) is 11.8 Å². The number of nitrogens with one attached hydrogen (secondary N) is 2. The summed E-state index contributed by atoms with van der Waals surface area (Å²) in [6, 6.07) is 8.93. The van der Waals surface area contributed by atoms with Crippen LogP contribution in [0.2, 0.25) is 0 Å². The number of piperidine rings is 1.